The lowest BCUT2D eigenvalue weighted by Crippen LogP contribution is -2.29. The van der Waals surface area contributed by atoms with E-state index in [1.165, 1.54) is 24.2 Å². The predicted molar refractivity (Wildman–Crippen MR) is 127 cm³/mol. The first-order valence-corrected chi connectivity index (χ1v) is 10.9. The Balaban J connectivity index is 0.000000185. The summed E-state index contributed by atoms with van der Waals surface area (Å²) in [5.74, 6) is 1.96. The SMILES string of the molecule is COc1cc(Nc2ncc(C)cn2)cc(OC)c1.Nc1cccc(SNC2CCC2)c1. The normalized spacial score (nSPS) is 12.9. The number of methoxy groups -OCH3 is 2. The first-order chi connectivity index (χ1) is 15.1. The van der Waals surface area contributed by atoms with Gasteiger partial charge in [0.15, 0.2) is 0 Å². The monoisotopic (exact) mass is 439 g/mol. The van der Waals surface area contributed by atoms with Gasteiger partial charge in [0.2, 0.25) is 5.95 Å². The van der Waals surface area contributed by atoms with E-state index in [2.05, 4.69) is 26.1 Å². The Bertz CT molecular complexity index is 942. The molecule has 1 saturated carbocycles. The summed E-state index contributed by atoms with van der Waals surface area (Å²) in [5, 5.41) is 3.10. The molecule has 1 heterocycles. The topological polar surface area (TPSA) is 94.3 Å². The van der Waals surface area contributed by atoms with Crippen LogP contribution in [0, 0.1) is 6.92 Å². The van der Waals surface area contributed by atoms with Gasteiger partial charge >= 0.3 is 0 Å². The molecule has 0 amide bonds. The third-order valence-electron chi connectivity index (χ3n) is 4.70. The number of nitrogen functional groups attached to an aromatic ring is 1. The number of benzene rings is 2. The van der Waals surface area contributed by atoms with Crippen molar-refractivity contribution in [2.45, 2.75) is 37.1 Å². The largest absolute Gasteiger partial charge is 0.497 e. The fraction of sp³-hybridized carbons (Fsp3) is 0.304. The second kappa shape index (κ2) is 11.4. The van der Waals surface area contributed by atoms with Crippen molar-refractivity contribution >= 4 is 29.3 Å². The minimum Gasteiger partial charge on any atom is -0.497 e. The highest BCUT2D eigenvalue weighted by Crippen LogP contribution is 2.27. The number of rotatable bonds is 7. The highest BCUT2D eigenvalue weighted by Gasteiger charge is 2.16. The maximum Gasteiger partial charge on any atom is 0.227 e. The van der Waals surface area contributed by atoms with Crippen molar-refractivity contribution in [2.75, 3.05) is 25.3 Å². The second-order valence-electron chi connectivity index (χ2n) is 7.23. The van der Waals surface area contributed by atoms with Gasteiger partial charge in [0.25, 0.3) is 0 Å². The molecule has 0 aliphatic heterocycles. The zero-order valence-corrected chi connectivity index (χ0v) is 18.9. The van der Waals surface area contributed by atoms with Crippen LogP contribution >= 0.6 is 11.9 Å². The molecule has 3 aromatic rings. The molecule has 7 nitrogen and oxygen atoms in total. The number of hydrogen-bond acceptors (Lipinski definition) is 8. The van der Waals surface area contributed by atoms with E-state index in [0.29, 0.717) is 23.5 Å². The Hall–Kier alpha value is -2.97. The standard InChI is InChI=1S/C13H15N3O2.C10H14N2S/c1-9-7-14-13(15-8-9)16-10-4-11(17-2)6-12(5-10)18-3;11-8-3-1-6-10(7-8)13-12-9-4-2-5-9/h4-8H,1-3H3,(H,14,15,16);1,3,6-7,9,12H,2,4-5,11H2. The van der Waals surface area contributed by atoms with Gasteiger partial charge in [-0.05, 0) is 55.5 Å². The summed E-state index contributed by atoms with van der Waals surface area (Å²) in [4.78, 5) is 9.56. The molecule has 0 saturated heterocycles. The van der Waals surface area contributed by atoms with Crippen LogP contribution < -0.4 is 25.2 Å². The summed E-state index contributed by atoms with van der Waals surface area (Å²) in [7, 11) is 3.22. The fourth-order valence-electron chi connectivity index (χ4n) is 2.72. The summed E-state index contributed by atoms with van der Waals surface area (Å²) in [6.07, 6.45) is 7.51. The van der Waals surface area contributed by atoms with Crippen LogP contribution in [0.3, 0.4) is 0 Å². The van der Waals surface area contributed by atoms with Crippen molar-refractivity contribution in [2.24, 2.45) is 0 Å². The molecule has 1 aliphatic rings. The number of hydrogen-bond donors (Lipinski definition) is 3. The number of nitrogens with one attached hydrogen (secondary N) is 2. The van der Waals surface area contributed by atoms with Crippen LogP contribution in [0.2, 0.25) is 0 Å². The molecule has 0 spiro atoms. The van der Waals surface area contributed by atoms with E-state index < -0.39 is 0 Å². The molecule has 0 radical (unpaired) electrons. The van der Waals surface area contributed by atoms with Crippen molar-refractivity contribution in [1.29, 1.82) is 0 Å². The van der Waals surface area contributed by atoms with Gasteiger partial charge in [0.05, 0.1) is 14.2 Å². The second-order valence-corrected chi connectivity index (χ2v) is 8.14. The van der Waals surface area contributed by atoms with E-state index in [4.69, 9.17) is 15.2 Å². The Morgan fingerprint density at radius 1 is 1.00 bits per heavy atom. The molecule has 164 valence electrons. The maximum absolute atomic E-state index is 5.67. The van der Waals surface area contributed by atoms with Crippen LogP contribution in [0.5, 0.6) is 11.5 Å². The van der Waals surface area contributed by atoms with E-state index in [0.717, 1.165) is 16.9 Å². The third kappa shape index (κ3) is 7.34. The quantitative estimate of drug-likeness (QED) is 0.351. The van der Waals surface area contributed by atoms with E-state index in [-0.39, 0.29) is 0 Å². The van der Waals surface area contributed by atoms with E-state index >= 15 is 0 Å². The molecular weight excluding hydrogens is 410 g/mol. The first kappa shape index (κ1) is 22.7. The van der Waals surface area contributed by atoms with Gasteiger partial charge < -0.3 is 20.5 Å². The number of nitrogens with two attached hydrogens (primary N) is 1. The third-order valence-corrected chi connectivity index (χ3v) is 5.64. The summed E-state index contributed by atoms with van der Waals surface area (Å²) < 4.78 is 13.8. The smallest absolute Gasteiger partial charge is 0.227 e. The van der Waals surface area contributed by atoms with E-state index in [9.17, 15) is 0 Å². The van der Waals surface area contributed by atoms with Crippen LogP contribution in [0.15, 0.2) is 59.8 Å². The fourth-order valence-corrected chi connectivity index (χ4v) is 3.60. The van der Waals surface area contributed by atoms with Crippen molar-refractivity contribution in [3.8, 4) is 11.5 Å². The lowest BCUT2D eigenvalue weighted by molar-refractivity contribution is 0.395. The van der Waals surface area contributed by atoms with Gasteiger partial charge in [-0.1, -0.05) is 12.5 Å². The Kier molecular flexibility index (Phi) is 8.37. The summed E-state index contributed by atoms with van der Waals surface area (Å²) in [6.45, 7) is 1.94. The first-order valence-electron chi connectivity index (χ1n) is 10.1. The van der Waals surface area contributed by atoms with Crippen molar-refractivity contribution < 1.29 is 9.47 Å². The van der Waals surface area contributed by atoms with Crippen molar-refractivity contribution in [1.82, 2.24) is 14.7 Å². The molecular formula is C23H29N5O2S. The minimum atomic E-state index is 0.538. The van der Waals surface area contributed by atoms with E-state index in [1.54, 1.807) is 44.6 Å². The molecule has 31 heavy (non-hydrogen) atoms. The Morgan fingerprint density at radius 2 is 1.68 bits per heavy atom. The molecule has 4 N–H and O–H groups in total. The highest BCUT2D eigenvalue weighted by molar-refractivity contribution is 7.97. The van der Waals surface area contributed by atoms with Crippen LogP contribution in [-0.4, -0.2) is 30.2 Å². The zero-order chi connectivity index (χ0) is 22.1. The molecule has 1 aliphatic carbocycles. The van der Waals surface area contributed by atoms with Gasteiger partial charge in [-0.3, -0.25) is 4.72 Å². The number of aromatic nitrogens is 2. The van der Waals surface area contributed by atoms with Gasteiger partial charge in [-0.25, -0.2) is 9.97 Å². The highest BCUT2D eigenvalue weighted by atomic mass is 32.2. The summed E-state index contributed by atoms with van der Waals surface area (Å²) in [6, 6.07) is 14.2. The van der Waals surface area contributed by atoms with Crippen LogP contribution in [0.4, 0.5) is 17.3 Å². The molecule has 4 rings (SSSR count). The summed E-state index contributed by atoms with van der Waals surface area (Å²) >= 11 is 1.69. The lowest BCUT2D eigenvalue weighted by atomic mass is 9.94. The molecule has 1 aromatic heterocycles. The molecule has 0 bridgehead atoms. The molecule has 8 heteroatoms. The lowest BCUT2D eigenvalue weighted by Gasteiger charge is -2.25. The number of nitrogens with zero attached hydrogens (tertiary/aromatic N) is 2. The average Bonchev–Trinajstić information content (AvgIpc) is 2.74. The van der Waals surface area contributed by atoms with E-state index in [1.807, 2.05) is 37.3 Å². The van der Waals surface area contributed by atoms with Crippen LogP contribution in [0.25, 0.3) is 0 Å². The number of aryl methyl sites for hydroxylation is 1. The van der Waals surface area contributed by atoms with Crippen molar-refractivity contribution in [3.63, 3.8) is 0 Å². The summed E-state index contributed by atoms with van der Waals surface area (Å²) in [5.41, 5.74) is 8.34. The molecule has 2 aromatic carbocycles. The number of ether oxygens (including phenoxy) is 2. The molecule has 0 atom stereocenters. The van der Waals surface area contributed by atoms with Crippen LogP contribution in [-0.2, 0) is 0 Å². The molecule has 0 unspecified atom stereocenters. The minimum absolute atomic E-state index is 0.538. The van der Waals surface area contributed by atoms with Gasteiger partial charge in [0.1, 0.15) is 11.5 Å². The Labute approximate surface area is 187 Å². The molecule has 1 fully saturated rings. The van der Waals surface area contributed by atoms with Gasteiger partial charge in [0, 0.05) is 52.9 Å². The van der Waals surface area contributed by atoms with Crippen LogP contribution in [0.1, 0.15) is 24.8 Å². The number of anilines is 3. The van der Waals surface area contributed by atoms with Gasteiger partial charge in [-0.2, -0.15) is 0 Å². The van der Waals surface area contributed by atoms with Gasteiger partial charge in [-0.15, -0.1) is 0 Å². The average molecular weight is 440 g/mol. The predicted octanol–water partition coefficient (Wildman–Crippen LogP) is 4.96. The van der Waals surface area contributed by atoms with Crippen molar-refractivity contribution in [3.05, 3.63) is 60.4 Å². The maximum atomic E-state index is 5.67. The Morgan fingerprint density at radius 3 is 2.23 bits per heavy atom. The zero-order valence-electron chi connectivity index (χ0n) is 18.1.